The number of aliphatic carboxylic acids is 1. The van der Waals surface area contributed by atoms with Gasteiger partial charge >= 0.3 is 5.97 Å². The van der Waals surface area contributed by atoms with Crippen LogP contribution in [0.25, 0.3) is 0 Å². The maximum atomic E-state index is 10.8. The molecule has 0 spiro atoms. The number of carbonyl (C=O) groups is 1. The molecule has 4 atom stereocenters. The number of allylic oxidation sites excluding steroid dienone is 3. The number of aliphatic hydroxyl groups excluding tert-OH is 1. The molecular weight excluding hydrogens is 288 g/mol. The van der Waals surface area contributed by atoms with Crippen molar-refractivity contribution in [2.45, 2.75) is 72.8 Å². The van der Waals surface area contributed by atoms with Crippen molar-refractivity contribution in [1.29, 1.82) is 0 Å². The van der Waals surface area contributed by atoms with Gasteiger partial charge in [-0.05, 0) is 68.6 Å². The van der Waals surface area contributed by atoms with Gasteiger partial charge in [-0.2, -0.15) is 0 Å². The Morgan fingerprint density at radius 1 is 1.39 bits per heavy atom. The van der Waals surface area contributed by atoms with Crippen LogP contribution in [0.15, 0.2) is 23.3 Å². The van der Waals surface area contributed by atoms with E-state index in [1.54, 1.807) is 0 Å². The summed E-state index contributed by atoms with van der Waals surface area (Å²) in [5, 5.41) is 19.4. The molecule has 2 aliphatic rings. The monoisotopic (exact) mass is 320 g/mol. The maximum Gasteiger partial charge on any atom is 0.328 e. The predicted molar refractivity (Wildman–Crippen MR) is 93.1 cm³/mol. The highest BCUT2D eigenvalue weighted by molar-refractivity contribution is 5.80. The van der Waals surface area contributed by atoms with E-state index in [1.165, 1.54) is 11.6 Å². The smallest absolute Gasteiger partial charge is 0.328 e. The summed E-state index contributed by atoms with van der Waals surface area (Å²) in [5.74, 6) is 0.103. The van der Waals surface area contributed by atoms with Gasteiger partial charge in [0.05, 0.1) is 6.10 Å². The van der Waals surface area contributed by atoms with E-state index in [0.29, 0.717) is 11.8 Å². The zero-order valence-corrected chi connectivity index (χ0v) is 15.2. The molecule has 1 saturated carbocycles. The van der Waals surface area contributed by atoms with Crippen LogP contribution in [-0.2, 0) is 4.79 Å². The van der Waals surface area contributed by atoms with E-state index >= 15 is 0 Å². The molecule has 3 nitrogen and oxygen atoms in total. The average molecular weight is 320 g/mol. The Hall–Kier alpha value is -1.09. The van der Waals surface area contributed by atoms with Crippen LogP contribution in [0.1, 0.15) is 66.7 Å². The highest BCUT2D eigenvalue weighted by atomic mass is 16.4. The molecule has 0 bridgehead atoms. The van der Waals surface area contributed by atoms with Gasteiger partial charge in [-0.1, -0.05) is 38.0 Å². The maximum absolute atomic E-state index is 10.8. The van der Waals surface area contributed by atoms with Crippen molar-refractivity contribution in [1.82, 2.24) is 0 Å². The molecule has 3 heteroatoms. The summed E-state index contributed by atoms with van der Waals surface area (Å²) >= 11 is 0. The fourth-order valence-electron chi connectivity index (χ4n) is 5.24. The molecule has 130 valence electrons. The molecule has 2 aliphatic carbocycles. The highest BCUT2D eigenvalue weighted by Crippen LogP contribution is 2.60. The lowest BCUT2D eigenvalue weighted by Crippen LogP contribution is -2.54. The third-order valence-corrected chi connectivity index (χ3v) is 6.73. The van der Waals surface area contributed by atoms with Gasteiger partial charge in [0.2, 0.25) is 0 Å². The number of hydrogen-bond acceptors (Lipinski definition) is 2. The first-order valence-electron chi connectivity index (χ1n) is 8.84. The van der Waals surface area contributed by atoms with E-state index in [4.69, 9.17) is 5.11 Å². The quantitative estimate of drug-likeness (QED) is 0.589. The van der Waals surface area contributed by atoms with Gasteiger partial charge in [-0.15, -0.1) is 0 Å². The lowest BCUT2D eigenvalue weighted by Gasteiger charge is -2.58. The molecule has 23 heavy (non-hydrogen) atoms. The number of hydrogen-bond donors (Lipinski definition) is 2. The van der Waals surface area contributed by atoms with Crippen molar-refractivity contribution in [2.24, 2.45) is 22.7 Å². The van der Waals surface area contributed by atoms with E-state index < -0.39 is 5.97 Å². The Kier molecular flexibility index (Phi) is 5.10. The fraction of sp³-hybridized carbons (Fsp3) is 0.750. The second-order valence-corrected chi connectivity index (χ2v) is 8.54. The standard InChI is InChI=1S/C20H32O3/c1-13(12-18(22)23)6-8-15-14(2)7-9-16-19(3,4)17(21)10-11-20(15,16)5/h7,12,15-17,21H,6,8-11H2,1-5H3,(H,22,23). The highest BCUT2D eigenvalue weighted by Gasteiger charge is 2.54. The number of rotatable bonds is 4. The van der Waals surface area contributed by atoms with E-state index in [9.17, 15) is 9.90 Å². The minimum absolute atomic E-state index is 0.0611. The molecule has 0 aromatic heterocycles. The first-order chi connectivity index (χ1) is 10.6. The minimum atomic E-state index is -0.857. The topological polar surface area (TPSA) is 57.5 Å². The summed E-state index contributed by atoms with van der Waals surface area (Å²) in [5.41, 5.74) is 2.52. The molecular formula is C20H32O3. The summed E-state index contributed by atoms with van der Waals surface area (Å²) in [6.45, 7) is 10.9. The first kappa shape index (κ1) is 18.3. The van der Waals surface area contributed by atoms with Crippen LogP contribution in [0.3, 0.4) is 0 Å². The molecule has 1 fully saturated rings. The molecule has 2 N–H and O–H groups in total. The second kappa shape index (κ2) is 6.43. The molecule has 0 amide bonds. The first-order valence-corrected chi connectivity index (χ1v) is 8.84. The van der Waals surface area contributed by atoms with Crippen molar-refractivity contribution in [3.8, 4) is 0 Å². The Labute approximate surface area is 140 Å². The Bertz CT molecular complexity index is 529. The molecule has 0 aromatic carbocycles. The molecule has 0 saturated heterocycles. The van der Waals surface area contributed by atoms with Crippen LogP contribution >= 0.6 is 0 Å². The van der Waals surface area contributed by atoms with Gasteiger partial charge in [0.15, 0.2) is 0 Å². The third-order valence-electron chi connectivity index (χ3n) is 6.73. The largest absolute Gasteiger partial charge is 0.478 e. The summed E-state index contributed by atoms with van der Waals surface area (Å²) in [6, 6.07) is 0. The van der Waals surface area contributed by atoms with Crippen molar-refractivity contribution >= 4 is 5.97 Å². The summed E-state index contributed by atoms with van der Waals surface area (Å²) in [6.07, 6.45) is 8.26. The van der Waals surface area contributed by atoms with Crippen molar-refractivity contribution < 1.29 is 15.0 Å². The molecule has 0 aliphatic heterocycles. The summed E-state index contributed by atoms with van der Waals surface area (Å²) in [7, 11) is 0. The van der Waals surface area contributed by atoms with Gasteiger partial charge in [0.25, 0.3) is 0 Å². The van der Waals surface area contributed by atoms with Crippen LogP contribution in [0, 0.1) is 22.7 Å². The van der Waals surface area contributed by atoms with Gasteiger partial charge in [0, 0.05) is 6.08 Å². The molecule has 4 unspecified atom stereocenters. The molecule has 2 rings (SSSR count). The van der Waals surface area contributed by atoms with Gasteiger partial charge in [-0.3, -0.25) is 0 Å². The zero-order chi connectivity index (χ0) is 17.4. The molecule has 0 aromatic rings. The Morgan fingerprint density at radius 3 is 2.65 bits per heavy atom. The molecule has 0 radical (unpaired) electrons. The van der Waals surface area contributed by atoms with E-state index in [-0.39, 0.29) is 16.9 Å². The number of carboxylic acid groups (broad SMARTS) is 1. The average Bonchev–Trinajstić information content (AvgIpc) is 2.42. The van der Waals surface area contributed by atoms with E-state index in [1.807, 2.05) is 6.92 Å². The van der Waals surface area contributed by atoms with Crippen LogP contribution in [0.2, 0.25) is 0 Å². The van der Waals surface area contributed by atoms with Crippen LogP contribution in [0.5, 0.6) is 0 Å². The third kappa shape index (κ3) is 3.40. The van der Waals surface area contributed by atoms with Gasteiger partial charge in [-0.25, -0.2) is 4.79 Å². The van der Waals surface area contributed by atoms with Crippen molar-refractivity contribution in [3.05, 3.63) is 23.3 Å². The van der Waals surface area contributed by atoms with Crippen LogP contribution in [0.4, 0.5) is 0 Å². The number of fused-ring (bicyclic) bond motifs is 1. The predicted octanol–water partition coefficient (Wildman–Crippen LogP) is 4.57. The van der Waals surface area contributed by atoms with E-state index in [2.05, 4.69) is 33.8 Å². The lowest BCUT2D eigenvalue weighted by atomic mass is 9.47. The SMILES string of the molecule is CC(=CC(=O)O)CCC1C(C)=CCC2C(C)(C)C(O)CCC12C. The van der Waals surface area contributed by atoms with Crippen molar-refractivity contribution in [2.75, 3.05) is 0 Å². The Morgan fingerprint density at radius 2 is 2.04 bits per heavy atom. The van der Waals surface area contributed by atoms with Crippen LogP contribution in [-0.4, -0.2) is 22.3 Å². The number of aliphatic hydroxyl groups is 1. The second-order valence-electron chi connectivity index (χ2n) is 8.54. The van der Waals surface area contributed by atoms with E-state index in [0.717, 1.165) is 37.7 Å². The fourth-order valence-corrected chi connectivity index (χ4v) is 5.24. The normalized spacial score (nSPS) is 37.0. The van der Waals surface area contributed by atoms with Gasteiger partial charge < -0.3 is 10.2 Å². The minimum Gasteiger partial charge on any atom is -0.478 e. The summed E-state index contributed by atoms with van der Waals surface area (Å²) in [4.78, 5) is 10.8. The van der Waals surface area contributed by atoms with Crippen molar-refractivity contribution in [3.63, 3.8) is 0 Å². The van der Waals surface area contributed by atoms with Crippen LogP contribution < -0.4 is 0 Å². The lowest BCUT2D eigenvalue weighted by molar-refractivity contribution is -0.131. The zero-order valence-electron chi connectivity index (χ0n) is 15.2. The Balaban J connectivity index is 2.23. The van der Waals surface area contributed by atoms with Gasteiger partial charge in [0.1, 0.15) is 0 Å². The number of carboxylic acids is 1. The molecule has 0 heterocycles. The summed E-state index contributed by atoms with van der Waals surface area (Å²) < 4.78 is 0.